The minimum Gasteiger partial charge on any atom is -0.493 e. The Hall–Kier alpha value is -2.69. The van der Waals surface area contributed by atoms with Gasteiger partial charge in [0.1, 0.15) is 5.65 Å². The van der Waals surface area contributed by atoms with Crippen LogP contribution in [-0.2, 0) is 6.42 Å². The first-order valence-corrected chi connectivity index (χ1v) is 7.05. The Kier molecular flexibility index (Phi) is 3.63. The number of nitrogen functional groups attached to an aromatic ring is 1. The summed E-state index contributed by atoms with van der Waals surface area (Å²) in [5.41, 5.74) is 10.7. The molecule has 2 aromatic heterocycles. The summed E-state index contributed by atoms with van der Waals surface area (Å²) in [6, 6.07) is 7.84. The van der Waals surface area contributed by atoms with E-state index in [2.05, 4.69) is 4.98 Å². The molecule has 0 fully saturated rings. The summed E-state index contributed by atoms with van der Waals surface area (Å²) in [4.78, 5) is 4.68. The Bertz CT molecular complexity index is 824. The van der Waals surface area contributed by atoms with Gasteiger partial charge in [0.25, 0.3) is 0 Å². The zero-order chi connectivity index (χ0) is 15.7. The molecule has 2 N–H and O–H groups in total. The summed E-state index contributed by atoms with van der Waals surface area (Å²) in [6.45, 7) is 2.01. The molecule has 0 aliphatic rings. The van der Waals surface area contributed by atoms with Gasteiger partial charge in [-0.05, 0) is 36.2 Å². The minimum atomic E-state index is 0.724. The van der Waals surface area contributed by atoms with Crippen molar-refractivity contribution in [1.29, 1.82) is 0 Å². The number of rotatable bonds is 4. The van der Waals surface area contributed by atoms with Crippen molar-refractivity contribution in [3.05, 3.63) is 53.5 Å². The summed E-state index contributed by atoms with van der Waals surface area (Å²) in [5, 5.41) is 0. The maximum Gasteiger partial charge on any atom is 0.160 e. The standard InChI is InChI=1S/C17H19N3O2/c1-11-6-13(18)9-20-10-14(19-17(11)20)7-12-4-5-15(21-2)16(8-12)22-3/h4-6,8-10H,7,18H2,1-3H3. The molecule has 0 unspecified atom stereocenters. The average molecular weight is 297 g/mol. The van der Waals surface area contributed by atoms with E-state index in [4.69, 9.17) is 15.2 Å². The van der Waals surface area contributed by atoms with Gasteiger partial charge in [0.15, 0.2) is 11.5 Å². The van der Waals surface area contributed by atoms with Crippen molar-refractivity contribution in [2.24, 2.45) is 0 Å². The molecule has 0 saturated carbocycles. The molecule has 114 valence electrons. The molecule has 0 saturated heterocycles. The predicted octanol–water partition coefficient (Wildman–Crippen LogP) is 2.83. The van der Waals surface area contributed by atoms with E-state index in [0.29, 0.717) is 0 Å². The Morgan fingerprint density at radius 1 is 1.09 bits per heavy atom. The summed E-state index contributed by atoms with van der Waals surface area (Å²) >= 11 is 0. The van der Waals surface area contributed by atoms with Crippen LogP contribution in [0.2, 0.25) is 0 Å². The largest absolute Gasteiger partial charge is 0.493 e. The van der Waals surface area contributed by atoms with E-state index in [1.165, 1.54) is 0 Å². The maximum absolute atomic E-state index is 5.88. The van der Waals surface area contributed by atoms with E-state index in [0.717, 1.165) is 46.1 Å². The number of anilines is 1. The number of methoxy groups -OCH3 is 2. The van der Waals surface area contributed by atoms with Crippen LogP contribution in [0.4, 0.5) is 5.69 Å². The molecule has 0 aliphatic heterocycles. The van der Waals surface area contributed by atoms with E-state index in [9.17, 15) is 0 Å². The lowest BCUT2D eigenvalue weighted by Gasteiger charge is -2.08. The molecule has 0 amide bonds. The molecule has 0 bridgehead atoms. The van der Waals surface area contributed by atoms with E-state index in [1.54, 1.807) is 14.2 Å². The maximum atomic E-state index is 5.88. The Balaban J connectivity index is 1.94. The first-order valence-electron chi connectivity index (χ1n) is 7.05. The van der Waals surface area contributed by atoms with Crippen LogP contribution >= 0.6 is 0 Å². The number of ether oxygens (including phenoxy) is 2. The van der Waals surface area contributed by atoms with Gasteiger partial charge in [0.2, 0.25) is 0 Å². The van der Waals surface area contributed by atoms with Crippen molar-refractivity contribution in [3.8, 4) is 11.5 Å². The fourth-order valence-electron chi connectivity index (χ4n) is 2.63. The SMILES string of the molecule is COc1ccc(Cc2cn3cc(N)cc(C)c3n2)cc1OC. The van der Waals surface area contributed by atoms with Gasteiger partial charge in [-0.2, -0.15) is 0 Å². The number of benzene rings is 1. The van der Waals surface area contributed by atoms with Crippen molar-refractivity contribution in [3.63, 3.8) is 0 Å². The zero-order valence-corrected chi connectivity index (χ0v) is 13.0. The van der Waals surface area contributed by atoms with Gasteiger partial charge in [0.05, 0.1) is 19.9 Å². The zero-order valence-electron chi connectivity index (χ0n) is 13.0. The molecular formula is C17H19N3O2. The number of nitrogens with two attached hydrogens (primary N) is 1. The van der Waals surface area contributed by atoms with Crippen molar-refractivity contribution < 1.29 is 9.47 Å². The summed E-state index contributed by atoms with van der Waals surface area (Å²) in [6.07, 6.45) is 4.62. The third-order valence-corrected chi connectivity index (χ3v) is 3.64. The lowest BCUT2D eigenvalue weighted by molar-refractivity contribution is 0.354. The van der Waals surface area contributed by atoms with Crippen molar-refractivity contribution in [2.75, 3.05) is 20.0 Å². The van der Waals surface area contributed by atoms with Crippen LogP contribution in [0.3, 0.4) is 0 Å². The van der Waals surface area contributed by atoms with Gasteiger partial charge in [-0.25, -0.2) is 4.98 Å². The number of pyridine rings is 1. The molecule has 0 atom stereocenters. The molecule has 1 aromatic carbocycles. The highest BCUT2D eigenvalue weighted by Gasteiger charge is 2.09. The third-order valence-electron chi connectivity index (χ3n) is 3.64. The molecule has 3 aromatic rings. The second kappa shape index (κ2) is 5.60. The second-order valence-corrected chi connectivity index (χ2v) is 5.29. The number of hydrogen-bond donors (Lipinski definition) is 1. The summed E-state index contributed by atoms with van der Waals surface area (Å²) in [5.74, 6) is 1.45. The van der Waals surface area contributed by atoms with Crippen LogP contribution in [0, 0.1) is 6.92 Å². The molecule has 0 spiro atoms. The Labute approximate surface area is 129 Å². The molecule has 2 heterocycles. The molecule has 3 rings (SSSR count). The van der Waals surface area contributed by atoms with Gasteiger partial charge >= 0.3 is 0 Å². The highest BCUT2D eigenvalue weighted by Crippen LogP contribution is 2.28. The minimum absolute atomic E-state index is 0.724. The third kappa shape index (κ3) is 2.57. The van der Waals surface area contributed by atoms with Crippen LogP contribution in [0.5, 0.6) is 11.5 Å². The highest BCUT2D eigenvalue weighted by molar-refractivity contribution is 5.55. The smallest absolute Gasteiger partial charge is 0.160 e. The van der Waals surface area contributed by atoms with Crippen LogP contribution in [-0.4, -0.2) is 23.6 Å². The molecule has 5 heteroatoms. The van der Waals surface area contributed by atoms with Crippen molar-refractivity contribution in [2.45, 2.75) is 13.3 Å². The van der Waals surface area contributed by atoms with E-state index >= 15 is 0 Å². The molecular weight excluding hydrogens is 278 g/mol. The molecule has 0 aliphatic carbocycles. The van der Waals surface area contributed by atoms with Crippen molar-refractivity contribution >= 4 is 11.3 Å². The fraction of sp³-hybridized carbons (Fsp3) is 0.235. The monoisotopic (exact) mass is 297 g/mol. The number of aryl methyl sites for hydroxylation is 1. The summed E-state index contributed by atoms with van der Waals surface area (Å²) < 4.78 is 12.6. The van der Waals surface area contributed by atoms with Crippen LogP contribution < -0.4 is 15.2 Å². The lowest BCUT2D eigenvalue weighted by atomic mass is 10.1. The number of imidazole rings is 1. The number of hydrogen-bond acceptors (Lipinski definition) is 4. The highest BCUT2D eigenvalue weighted by atomic mass is 16.5. The van der Waals surface area contributed by atoms with Gasteiger partial charge in [-0.3, -0.25) is 0 Å². The Morgan fingerprint density at radius 3 is 2.59 bits per heavy atom. The molecule has 22 heavy (non-hydrogen) atoms. The van der Waals surface area contributed by atoms with E-state index in [1.807, 2.05) is 48.0 Å². The van der Waals surface area contributed by atoms with Gasteiger partial charge < -0.3 is 19.6 Å². The van der Waals surface area contributed by atoms with Gasteiger partial charge in [0, 0.05) is 24.5 Å². The van der Waals surface area contributed by atoms with Gasteiger partial charge in [-0.15, -0.1) is 0 Å². The quantitative estimate of drug-likeness (QED) is 0.804. The normalized spacial score (nSPS) is 10.9. The van der Waals surface area contributed by atoms with Crippen LogP contribution in [0.1, 0.15) is 16.8 Å². The van der Waals surface area contributed by atoms with E-state index < -0.39 is 0 Å². The number of nitrogens with zero attached hydrogens (tertiary/aromatic N) is 2. The summed E-state index contributed by atoms with van der Waals surface area (Å²) in [7, 11) is 3.27. The lowest BCUT2D eigenvalue weighted by Crippen LogP contribution is -1.94. The van der Waals surface area contributed by atoms with Crippen molar-refractivity contribution in [1.82, 2.24) is 9.38 Å². The number of fused-ring (bicyclic) bond motifs is 1. The second-order valence-electron chi connectivity index (χ2n) is 5.29. The first kappa shape index (κ1) is 14.3. The average Bonchev–Trinajstić information content (AvgIpc) is 2.89. The predicted molar refractivity (Wildman–Crippen MR) is 86.7 cm³/mol. The molecule has 0 radical (unpaired) electrons. The van der Waals surface area contributed by atoms with Crippen LogP contribution in [0.25, 0.3) is 5.65 Å². The Morgan fingerprint density at radius 2 is 1.86 bits per heavy atom. The number of aromatic nitrogens is 2. The van der Waals surface area contributed by atoms with Crippen LogP contribution in [0.15, 0.2) is 36.7 Å². The fourth-order valence-corrected chi connectivity index (χ4v) is 2.63. The van der Waals surface area contributed by atoms with Gasteiger partial charge in [-0.1, -0.05) is 6.07 Å². The van der Waals surface area contributed by atoms with E-state index in [-0.39, 0.29) is 0 Å². The molecule has 5 nitrogen and oxygen atoms in total. The first-order chi connectivity index (χ1) is 10.6. The topological polar surface area (TPSA) is 61.8 Å².